The highest BCUT2D eigenvalue weighted by molar-refractivity contribution is 5.81. The van der Waals surface area contributed by atoms with Crippen molar-refractivity contribution in [2.45, 2.75) is 75.6 Å². The van der Waals surface area contributed by atoms with E-state index in [1.165, 1.54) is 6.33 Å². The Morgan fingerprint density at radius 2 is 1.87 bits per heavy atom. The zero-order chi connectivity index (χ0) is 26.6. The Hall–Kier alpha value is -3.32. The summed E-state index contributed by atoms with van der Waals surface area (Å²) < 4.78 is 20.9. The van der Waals surface area contributed by atoms with Gasteiger partial charge in [0.05, 0.1) is 6.33 Å². The van der Waals surface area contributed by atoms with Gasteiger partial charge in [-0.25, -0.2) is 19.7 Å². The van der Waals surface area contributed by atoms with Crippen LogP contribution in [0.1, 0.15) is 38.5 Å². The van der Waals surface area contributed by atoms with Crippen LogP contribution in [0.2, 0.25) is 0 Å². The molecule has 1 aliphatic carbocycles. The zero-order valence-electron chi connectivity index (χ0n) is 21.7. The maximum absolute atomic E-state index is 12.0. The van der Waals surface area contributed by atoms with Gasteiger partial charge in [-0.3, -0.25) is 4.57 Å². The number of carbonyl (C=O) groups is 1. The first-order valence-corrected chi connectivity index (χ1v) is 12.9. The number of ether oxygens (including phenoxy) is 3. The molecule has 12 heteroatoms. The lowest BCUT2D eigenvalue weighted by molar-refractivity contribution is -0.198. The minimum Gasteiger partial charge on any atom is -0.465 e. The van der Waals surface area contributed by atoms with Gasteiger partial charge in [0.2, 0.25) is 0 Å². The third-order valence-electron chi connectivity index (χ3n) is 7.85. The Balaban J connectivity index is 1.14. The van der Waals surface area contributed by atoms with Crippen LogP contribution in [0.4, 0.5) is 10.6 Å². The molecule has 3 aliphatic rings. The van der Waals surface area contributed by atoms with E-state index in [1.807, 2.05) is 48.7 Å². The number of nitrogens with zero attached hydrogens (tertiary/aromatic N) is 6. The second-order valence-corrected chi connectivity index (χ2v) is 10.8. The van der Waals surface area contributed by atoms with Crippen LogP contribution in [0.15, 0.2) is 43.0 Å². The van der Waals surface area contributed by atoms with Crippen molar-refractivity contribution in [1.29, 1.82) is 0 Å². The van der Waals surface area contributed by atoms with Crippen molar-refractivity contribution < 1.29 is 24.1 Å². The number of nitrogens with two attached hydrogens (primary N) is 1. The summed E-state index contributed by atoms with van der Waals surface area (Å²) in [6.07, 6.45) is 2.35. The maximum Gasteiger partial charge on any atom is 0.407 e. The van der Waals surface area contributed by atoms with Crippen LogP contribution < -0.4 is 5.73 Å². The predicted molar refractivity (Wildman–Crippen MR) is 137 cm³/mol. The van der Waals surface area contributed by atoms with Crippen molar-refractivity contribution in [2.75, 3.05) is 19.3 Å². The molecule has 38 heavy (non-hydrogen) atoms. The van der Waals surface area contributed by atoms with E-state index >= 15 is 0 Å². The van der Waals surface area contributed by atoms with Gasteiger partial charge in [-0.05, 0) is 39.3 Å². The van der Waals surface area contributed by atoms with Crippen LogP contribution in [0, 0.1) is 0 Å². The molecule has 4 atom stereocenters. The second kappa shape index (κ2) is 9.45. The fraction of sp³-hybridized carbons (Fsp3) is 0.538. The highest BCUT2D eigenvalue weighted by Crippen LogP contribution is 2.44. The molecule has 0 bridgehead atoms. The third kappa shape index (κ3) is 4.47. The van der Waals surface area contributed by atoms with Gasteiger partial charge >= 0.3 is 6.09 Å². The molecule has 2 aromatic heterocycles. The van der Waals surface area contributed by atoms with E-state index in [0.29, 0.717) is 30.1 Å². The number of anilines is 1. The third-order valence-corrected chi connectivity index (χ3v) is 7.85. The van der Waals surface area contributed by atoms with Crippen LogP contribution in [-0.4, -0.2) is 90.3 Å². The molecule has 3 aromatic rings. The van der Waals surface area contributed by atoms with Gasteiger partial charge in [-0.2, -0.15) is 0 Å². The summed E-state index contributed by atoms with van der Waals surface area (Å²) in [5.74, 6) is -0.440. The number of aromatic nitrogens is 4. The molecule has 1 saturated carbocycles. The van der Waals surface area contributed by atoms with Gasteiger partial charge in [0.1, 0.15) is 30.2 Å². The molecule has 3 fully saturated rings. The number of carboxylic acid groups (broad SMARTS) is 1. The topological polar surface area (TPSA) is 141 Å². The van der Waals surface area contributed by atoms with Crippen molar-refractivity contribution in [3.63, 3.8) is 0 Å². The van der Waals surface area contributed by atoms with Gasteiger partial charge in [0, 0.05) is 25.2 Å². The predicted octanol–water partition coefficient (Wildman–Crippen LogP) is 2.47. The number of imidazole rings is 1. The number of benzene rings is 1. The van der Waals surface area contributed by atoms with Crippen LogP contribution in [0.5, 0.6) is 0 Å². The van der Waals surface area contributed by atoms with Gasteiger partial charge in [0.15, 0.2) is 23.5 Å². The number of hydrogen-bond acceptors (Lipinski definition) is 9. The molecule has 0 unspecified atom stereocenters. The van der Waals surface area contributed by atoms with Gasteiger partial charge in [-0.1, -0.05) is 30.3 Å². The summed E-state index contributed by atoms with van der Waals surface area (Å²) in [5, 5.41) is 9.83. The first-order valence-electron chi connectivity index (χ1n) is 12.9. The Bertz CT molecular complexity index is 1310. The van der Waals surface area contributed by atoms with E-state index in [1.54, 1.807) is 11.2 Å². The van der Waals surface area contributed by atoms with Crippen molar-refractivity contribution in [3.8, 4) is 0 Å². The highest BCUT2D eigenvalue weighted by Gasteiger charge is 2.56. The Morgan fingerprint density at radius 1 is 1.13 bits per heavy atom. The number of hydrogen-bond donors (Lipinski definition) is 2. The average molecular weight is 524 g/mol. The van der Waals surface area contributed by atoms with E-state index < -0.39 is 18.1 Å². The van der Waals surface area contributed by atoms with Crippen molar-refractivity contribution in [2.24, 2.45) is 0 Å². The lowest BCUT2D eigenvalue weighted by Crippen LogP contribution is -2.55. The molecule has 1 amide bonds. The number of amides is 1. The van der Waals surface area contributed by atoms with Gasteiger partial charge in [-0.15, -0.1) is 0 Å². The zero-order valence-corrected chi connectivity index (χ0v) is 21.7. The molecule has 12 nitrogen and oxygen atoms in total. The monoisotopic (exact) mass is 523 g/mol. The molecule has 2 aliphatic heterocycles. The van der Waals surface area contributed by atoms with Crippen molar-refractivity contribution in [1.82, 2.24) is 29.3 Å². The molecular formula is C26H33N7O5. The van der Waals surface area contributed by atoms with E-state index in [-0.39, 0.29) is 30.4 Å². The molecule has 1 aromatic carbocycles. The normalized spacial score (nSPS) is 29.9. The van der Waals surface area contributed by atoms with Crippen LogP contribution >= 0.6 is 0 Å². The maximum atomic E-state index is 12.0. The summed E-state index contributed by atoms with van der Waals surface area (Å²) >= 11 is 0. The van der Waals surface area contributed by atoms with Crippen LogP contribution in [-0.2, 0) is 20.8 Å². The summed E-state index contributed by atoms with van der Waals surface area (Å²) in [4.78, 5) is 28.6. The number of rotatable bonds is 7. The summed E-state index contributed by atoms with van der Waals surface area (Å²) in [7, 11) is 2.05. The van der Waals surface area contributed by atoms with E-state index in [9.17, 15) is 9.90 Å². The Morgan fingerprint density at radius 3 is 2.61 bits per heavy atom. The lowest BCUT2D eigenvalue weighted by Gasteiger charge is -2.46. The molecule has 0 radical (unpaired) electrons. The molecular weight excluding hydrogens is 490 g/mol. The average Bonchev–Trinajstić information content (AvgIpc) is 3.50. The van der Waals surface area contributed by atoms with Crippen LogP contribution in [0.3, 0.4) is 0 Å². The Labute approximate surface area is 220 Å². The molecule has 0 spiro atoms. The minimum atomic E-state index is -0.888. The number of fused-ring (bicyclic) bond motifs is 2. The summed E-state index contributed by atoms with van der Waals surface area (Å²) in [6.45, 7) is 4.81. The second-order valence-electron chi connectivity index (χ2n) is 10.8. The van der Waals surface area contributed by atoms with E-state index in [4.69, 9.17) is 19.9 Å². The molecule has 6 rings (SSSR count). The van der Waals surface area contributed by atoms with Gasteiger partial charge in [0.25, 0.3) is 0 Å². The minimum absolute atomic E-state index is 0.0161. The largest absolute Gasteiger partial charge is 0.465 e. The highest BCUT2D eigenvalue weighted by atomic mass is 16.8. The SMILES string of the molecule is CN(C[C@H]1O[C@@H](n2cnc3c(N)ncnc32)[C@@H]2OC(C)(C)O[C@@H]21)C1CC(N(Cc2ccccc2)C(=O)O)C1. The molecule has 4 heterocycles. The molecule has 202 valence electrons. The molecule has 3 N–H and O–H groups in total. The fourth-order valence-corrected chi connectivity index (χ4v) is 5.83. The number of nitrogen functional groups attached to an aromatic ring is 1. The smallest absolute Gasteiger partial charge is 0.407 e. The van der Waals surface area contributed by atoms with Crippen molar-refractivity contribution in [3.05, 3.63) is 48.5 Å². The molecule has 2 saturated heterocycles. The number of likely N-dealkylation sites (N-methyl/N-ethyl adjacent to an activating group) is 1. The van der Waals surface area contributed by atoms with Crippen molar-refractivity contribution >= 4 is 23.1 Å². The first-order chi connectivity index (χ1) is 18.2. The fourth-order valence-electron chi connectivity index (χ4n) is 5.83. The Kier molecular flexibility index (Phi) is 6.22. The standard InChI is InChI=1S/C26H33N7O5/c1-26(2)37-20-18(36-24(21(20)38-26)33-14-30-19-22(27)28-13-29-23(19)33)12-31(3)16-9-17(10-16)32(25(34)35)11-15-7-5-4-6-8-15/h4-8,13-14,16-18,20-21,24H,9-12H2,1-3H3,(H,34,35)(H2,27,28,29)/t16?,17?,18-,20-,21-,24-/m1/s1. The van der Waals surface area contributed by atoms with E-state index in [0.717, 1.165) is 18.4 Å². The van der Waals surface area contributed by atoms with E-state index in [2.05, 4.69) is 26.9 Å². The van der Waals surface area contributed by atoms with Gasteiger partial charge < -0.3 is 34.9 Å². The summed E-state index contributed by atoms with van der Waals surface area (Å²) in [5.41, 5.74) is 8.08. The van der Waals surface area contributed by atoms with Crippen LogP contribution in [0.25, 0.3) is 11.2 Å². The summed E-state index contributed by atoms with van der Waals surface area (Å²) in [6, 6.07) is 9.93. The first kappa shape index (κ1) is 25.0. The lowest BCUT2D eigenvalue weighted by atomic mass is 9.84. The quantitative estimate of drug-likeness (QED) is 0.474.